The van der Waals surface area contributed by atoms with Crippen LogP contribution >= 0.6 is 11.3 Å². The van der Waals surface area contributed by atoms with Gasteiger partial charge in [-0.3, -0.25) is 4.79 Å². The van der Waals surface area contributed by atoms with E-state index < -0.39 is 5.91 Å². The molecule has 0 aliphatic carbocycles. The molecule has 5 heteroatoms. The van der Waals surface area contributed by atoms with Crippen molar-refractivity contribution in [3.8, 4) is 17.0 Å². The van der Waals surface area contributed by atoms with E-state index in [9.17, 15) is 4.79 Å². The van der Waals surface area contributed by atoms with Crippen molar-refractivity contribution in [2.75, 3.05) is 7.11 Å². The lowest BCUT2D eigenvalue weighted by Crippen LogP contribution is -2.10. The normalized spacial score (nSPS) is 10.3. The fourth-order valence-corrected chi connectivity index (χ4v) is 2.36. The van der Waals surface area contributed by atoms with E-state index in [2.05, 4.69) is 11.9 Å². The number of aromatic nitrogens is 1. The number of rotatable bonds is 4. The number of primary amides is 1. The number of amides is 1. The van der Waals surface area contributed by atoms with E-state index >= 15 is 0 Å². The van der Waals surface area contributed by atoms with Crippen molar-refractivity contribution >= 4 is 17.2 Å². The summed E-state index contributed by atoms with van der Waals surface area (Å²) in [6, 6.07) is 5.96. The molecule has 0 saturated carbocycles. The molecule has 18 heavy (non-hydrogen) atoms. The Labute approximate surface area is 109 Å². The Bertz CT molecular complexity index is 578. The van der Waals surface area contributed by atoms with Crippen molar-refractivity contribution in [3.05, 3.63) is 34.2 Å². The number of benzene rings is 1. The fraction of sp³-hybridized carbons (Fsp3) is 0.231. The number of methoxy groups -OCH3 is 1. The predicted molar refractivity (Wildman–Crippen MR) is 72.0 cm³/mol. The monoisotopic (exact) mass is 262 g/mol. The highest BCUT2D eigenvalue weighted by Gasteiger charge is 2.12. The lowest BCUT2D eigenvalue weighted by molar-refractivity contribution is 0.1000. The second-order valence-corrected chi connectivity index (χ2v) is 4.65. The van der Waals surface area contributed by atoms with Crippen LogP contribution in [0.25, 0.3) is 11.3 Å². The molecular weight excluding hydrogens is 248 g/mol. The third-order valence-electron chi connectivity index (χ3n) is 2.66. The molecule has 2 aromatic rings. The maximum absolute atomic E-state index is 11.1. The van der Waals surface area contributed by atoms with Crippen LogP contribution in [0.2, 0.25) is 0 Å². The molecule has 1 amide bonds. The van der Waals surface area contributed by atoms with Crippen molar-refractivity contribution in [3.63, 3.8) is 0 Å². The summed E-state index contributed by atoms with van der Waals surface area (Å²) in [5.74, 6) is 0.241. The smallest absolute Gasteiger partial charge is 0.277 e. The SMILES string of the molecule is CCc1ccc(OC)c(-c2csc(C(N)=O)n2)c1. The first-order chi connectivity index (χ1) is 8.65. The van der Waals surface area contributed by atoms with Crippen LogP contribution in [0.15, 0.2) is 23.6 Å². The standard InChI is InChI=1S/C13H14N2O2S/c1-3-8-4-5-11(17-2)9(6-8)10-7-18-13(15-10)12(14)16/h4-7H,3H2,1-2H3,(H2,14,16). The van der Waals surface area contributed by atoms with Crippen LogP contribution in [0.1, 0.15) is 22.3 Å². The van der Waals surface area contributed by atoms with Gasteiger partial charge in [-0.05, 0) is 24.1 Å². The lowest BCUT2D eigenvalue weighted by Gasteiger charge is -2.08. The summed E-state index contributed by atoms with van der Waals surface area (Å²) >= 11 is 1.24. The maximum atomic E-state index is 11.1. The molecule has 0 aliphatic heterocycles. The van der Waals surface area contributed by atoms with E-state index in [4.69, 9.17) is 10.5 Å². The predicted octanol–water partition coefficient (Wildman–Crippen LogP) is 2.48. The van der Waals surface area contributed by atoms with Gasteiger partial charge in [0.25, 0.3) is 5.91 Å². The summed E-state index contributed by atoms with van der Waals surface area (Å²) in [6.45, 7) is 2.08. The Hall–Kier alpha value is -1.88. The summed E-state index contributed by atoms with van der Waals surface area (Å²) in [7, 11) is 1.62. The van der Waals surface area contributed by atoms with Gasteiger partial charge < -0.3 is 10.5 Å². The highest BCUT2D eigenvalue weighted by atomic mass is 32.1. The second kappa shape index (κ2) is 5.18. The van der Waals surface area contributed by atoms with Gasteiger partial charge in [-0.15, -0.1) is 11.3 Å². The Morgan fingerprint density at radius 1 is 1.50 bits per heavy atom. The van der Waals surface area contributed by atoms with E-state index in [1.54, 1.807) is 7.11 Å². The van der Waals surface area contributed by atoms with E-state index in [1.165, 1.54) is 16.9 Å². The Balaban J connectivity index is 2.50. The van der Waals surface area contributed by atoms with Crippen LogP contribution in [0.5, 0.6) is 5.75 Å². The fourth-order valence-electron chi connectivity index (χ4n) is 1.69. The first kappa shape index (κ1) is 12.6. The molecule has 0 bridgehead atoms. The van der Waals surface area contributed by atoms with Crippen molar-refractivity contribution in [1.29, 1.82) is 0 Å². The summed E-state index contributed by atoms with van der Waals surface area (Å²) in [5.41, 5.74) is 8.02. The Kier molecular flexibility index (Phi) is 3.62. The minimum absolute atomic E-state index is 0.314. The molecule has 0 spiro atoms. The van der Waals surface area contributed by atoms with Crippen molar-refractivity contribution < 1.29 is 9.53 Å². The first-order valence-electron chi connectivity index (χ1n) is 5.58. The van der Waals surface area contributed by atoms with Crippen LogP contribution in [0.3, 0.4) is 0 Å². The van der Waals surface area contributed by atoms with Crippen LogP contribution in [0, 0.1) is 0 Å². The first-order valence-corrected chi connectivity index (χ1v) is 6.46. The van der Waals surface area contributed by atoms with Gasteiger partial charge in [-0.2, -0.15) is 0 Å². The zero-order chi connectivity index (χ0) is 13.1. The minimum atomic E-state index is -0.503. The van der Waals surface area contributed by atoms with Crippen LogP contribution in [0.4, 0.5) is 0 Å². The zero-order valence-corrected chi connectivity index (χ0v) is 11.1. The molecule has 94 valence electrons. The van der Waals surface area contributed by atoms with Gasteiger partial charge >= 0.3 is 0 Å². The van der Waals surface area contributed by atoms with Gasteiger partial charge in [0.15, 0.2) is 5.01 Å². The summed E-state index contributed by atoms with van der Waals surface area (Å²) in [6.07, 6.45) is 0.934. The molecule has 0 unspecified atom stereocenters. The Morgan fingerprint density at radius 3 is 2.83 bits per heavy atom. The molecule has 1 heterocycles. The van der Waals surface area contributed by atoms with E-state index in [1.807, 2.05) is 23.6 Å². The third-order valence-corrected chi connectivity index (χ3v) is 3.52. The number of carbonyl (C=O) groups excluding carboxylic acids is 1. The molecule has 0 radical (unpaired) electrons. The van der Waals surface area contributed by atoms with Crippen molar-refractivity contribution in [2.24, 2.45) is 5.73 Å². The number of carbonyl (C=O) groups is 1. The highest BCUT2D eigenvalue weighted by molar-refractivity contribution is 7.12. The molecule has 0 atom stereocenters. The quantitative estimate of drug-likeness (QED) is 0.920. The second-order valence-electron chi connectivity index (χ2n) is 3.79. The molecule has 0 saturated heterocycles. The van der Waals surface area contributed by atoms with Gasteiger partial charge in [0.05, 0.1) is 12.8 Å². The molecule has 0 aliphatic rings. The van der Waals surface area contributed by atoms with Gasteiger partial charge in [-0.25, -0.2) is 4.98 Å². The van der Waals surface area contributed by atoms with Gasteiger partial charge in [0.2, 0.25) is 0 Å². The van der Waals surface area contributed by atoms with E-state index in [0.717, 1.165) is 23.4 Å². The average molecular weight is 262 g/mol. The van der Waals surface area contributed by atoms with Crippen molar-refractivity contribution in [1.82, 2.24) is 4.98 Å². The number of thiazole rings is 1. The number of hydrogen-bond donors (Lipinski definition) is 1. The van der Waals surface area contributed by atoms with Gasteiger partial charge in [-0.1, -0.05) is 13.0 Å². The van der Waals surface area contributed by atoms with Crippen LogP contribution in [-0.4, -0.2) is 18.0 Å². The van der Waals surface area contributed by atoms with Gasteiger partial charge in [0, 0.05) is 10.9 Å². The summed E-state index contributed by atoms with van der Waals surface area (Å²) in [5, 5.41) is 2.13. The maximum Gasteiger partial charge on any atom is 0.277 e. The average Bonchev–Trinajstić information content (AvgIpc) is 2.87. The Morgan fingerprint density at radius 2 is 2.28 bits per heavy atom. The number of ether oxygens (including phenoxy) is 1. The van der Waals surface area contributed by atoms with E-state index in [0.29, 0.717) is 5.01 Å². The lowest BCUT2D eigenvalue weighted by atomic mass is 10.1. The number of nitrogens with zero attached hydrogens (tertiary/aromatic N) is 1. The number of aryl methyl sites for hydroxylation is 1. The molecular formula is C13H14N2O2S. The van der Waals surface area contributed by atoms with Gasteiger partial charge in [0.1, 0.15) is 5.75 Å². The molecule has 2 rings (SSSR count). The number of hydrogen-bond acceptors (Lipinski definition) is 4. The highest BCUT2D eigenvalue weighted by Crippen LogP contribution is 2.31. The molecule has 0 fully saturated rings. The molecule has 1 aromatic carbocycles. The molecule has 4 nitrogen and oxygen atoms in total. The molecule has 2 N–H and O–H groups in total. The number of nitrogens with two attached hydrogens (primary N) is 1. The van der Waals surface area contributed by atoms with Crippen LogP contribution < -0.4 is 10.5 Å². The zero-order valence-electron chi connectivity index (χ0n) is 10.3. The third kappa shape index (κ3) is 2.36. The van der Waals surface area contributed by atoms with Crippen molar-refractivity contribution in [2.45, 2.75) is 13.3 Å². The molecule has 1 aromatic heterocycles. The minimum Gasteiger partial charge on any atom is -0.496 e. The van der Waals surface area contributed by atoms with Crippen LogP contribution in [-0.2, 0) is 6.42 Å². The summed E-state index contributed by atoms with van der Waals surface area (Å²) in [4.78, 5) is 15.3. The summed E-state index contributed by atoms with van der Waals surface area (Å²) < 4.78 is 5.32. The van der Waals surface area contributed by atoms with E-state index in [-0.39, 0.29) is 0 Å². The topological polar surface area (TPSA) is 65.2 Å². The largest absolute Gasteiger partial charge is 0.496 e.